The molecule has 0 amide bonds. The Bertz CT molecular complexity index is 435. The highest BCUT2D eigenvalue weighted by Gasteiger charge is 1.97. The highest BCUT2D eigenvalue weighted by Crippen LogP contribution is 1.93. The number of rotatable bonds is 0. The molecule has 0 atom stereocenters. The molecule has 0 bridgehead atoms. The lowest BCUT2D eigenvalue weighted by molar-refractivity contribution is 1.11. The van der Waals surface area contributed by atoms with Crippen molar-refractivity contribution in [2.75, 3.05) is 0 Å². The molecule has 2 aromatic heterocycles. The van der Waals surface area contributed by atoms with E-state index in [0.29, 0.717) is 5.65 Å². The lowest BCUT2D eigenvalue weighted by atomic mass is 10.5. The Labute approximate surface area is 73.3 Å². The highest BCUT2D eigenvalue weighted by atomic mass is 35.5. The van der Waals surface area contributed by atoms with Gasteiger partial charge in [0.05, 0.1) is 6.33 Å². The summed E-state index contributed by atoms with van der Waals surface area (Å²) < 4.78 is 0. The monoisotopic (exact) mass is 184 g/mol. The fraction of sp³-hybridized carbons (Fsp3) is 0. The average molecular weight is 185 g/mol. The topological polar surface area (TPSA) is 71.5 Å². The fourth-order valence-corrected chi connectivity index (χ4v) is 0.806. The Morgan fingerprint density at radius 2 is 1.92 bits per heavy atom. The van der Waals surface area contributed by atoms with E-state index in [4.69, 9.17) is 0 Å². The molecule has 0 spiro atoms. The minimum atomic E-state index is -0.261. The van der Waals surface area contributed by atoms with Crippen molar-refractivity contribution in [2.24, 2.45) is 0 Å². The van der Waals surface area contributed by atoms with Gasteiger partial charge in [-0.1, -0.05) is 0 Å². The largest absolute Gasteiger partial charge is 0.311 e. The molecule has 2 heterocycles. The van der Waals surface area contributed by atoms with E-state index >= 15 is 0 Å². The van der Waals surface area contributed by atoms with Crippen molar-refractivity contribution in [3.63, 3.8) is 0 Å². The van der Waals surface area contributed by atoms with Gasteiger partial charge < -0.3 is 4.98 Å². The summed E-state index contributed by atoms with van der Waals surface area (Å²) in [6, 6.07) is 0. The van der Waals surface area contributed by atoms with Crippen LogP contribution in [0.4, 0.5) is 0 Å². The molecule has 0 aliphatic carbocycles. The number of aromatic nitrogens is 4. The lowest BCUT2D eigenvalue weighted by Crippen LogP contribution is -2.08. The van der Waals surface area contributed by atoms with Gasteiger partial charge in [-0.3, -0.25) is 4.79 Å². The van der Waals surface area contributed by atoms with Gasteiger partial charge in [-0.2, -0.15) is 0 Å². The Kier molecular flexibility index (Phi) is 2.35. The lowest BCUT2D eigenvalue weighted by Gasteiger charge is -1.89. The van der Waals surface area contributed by atoms with Crippen molar-refractivity contribution in [1.29, 1.82) is 0 Å². The third-order valence-corrected chi connectivity index (χ3v) is 1.28. The van der Waals surface area contributed by atoms with Crippen LogP contribution in [-0.4, -0.2) is 19.9 Å². The van der Waals surface area contributed by atoms with Crippen LogP contribution in [0, 0.1) is 0 Å². The zero-order valence-electron chi connectivity index (χ0n) is 5.89. The van der Waals surface area contributed by atoms with Crippen molar-refractivity contribution in [3.05, 3.63) is 29.1 Å². The summed E-state index contributed by atoms with van der Waals surface area (Å²) in [6.07, 6.45) is 4.26. The number of nitrogens with zero attached hydrogens (tertiary/aromatic N) is 3. The molecule has 5 nitrogen and oxygen atoms in total. The van der Waals surface area contributed by atoms with E-state index in [0.717, 1.165) is 0 Å². The summed E-state index contributed by atoms with van der Waals surface area (Å²) in [5.74, 6) is 0. The van der Waals surface area contributed by atoms with E-state index in [-0.39, 0.29) is 23.5 Å². The second kappa shape index (κ2) is 3.27. The predicted molar refractivity (Wildman–Crippen MR) is 45.2 cm³/mol. The van der Waals surface area contributed by atoms with Crippen molar-refractivity contribution in [3.8, 4) is 0 Å². The van der Waals surface area contributed by atoms with Crippen molar-refractivity contribution in [2.45, 2.75) is 0 Å². The summed E-state index contributed by atoms with van der Waals surface area (Å²) in [6.45, 7) is 0. The van der Waals surface area contributed by atoms with Crippen molar-refractivity contribution < 1.29 is 0 Å². The average Bonchev–Trinajstić information content (AvgIpc) is 2.06. The van der Waals surface area contributed by atoms with E-state index < -0.39 is 0 Å². The van der Waals surface area contributed by atoms with Gasteiger partial charge in [-0.25, -0.2) is 15.0 Å². The highest BCUT2D eigenvalue weighted by molar-refractivity contribution is 5.85. The number of hydrogen-bond acceptors (Lipinski definition) is 4. The van der Waals surface area contributed by atoms with Crippen LogP contribution in [0.1, 0.15) is 0 Å². The zero-order chi connectivity index (χ0) is 7.68. The maximum Gasteiger partial charge on any atom is 0.278 e. The molecular formula is C6H5ClN4O. The van der Waals surface area contributed by atoms with Gasteiger partial charge in [0.25, 0.3) is 5.56 Å². The van der Waals surface area contributed by atoms with Gasteiger partial charge in [0.1, 0.15) is 0 Å². The first kappa shape index (κ1) is 8.61. The number of fused-ring (bicyclic) bond motifs is 1. The molecule has 0 aliphatic rings. The Balaban J connectivity index is 0.000000720. The van der Waals surface area contributed by atoms with Gasteiger partial charge in [-0.05, 0) is 0 Å². The van der Waals surface area contributed by atoms with Crippen molar-refractivity contribution in [1.82, 2.24) is 19.9 Å². The molecule has 12 heavy (non-hydrogen) atoms. The number of H-pyrrole nitrogens is 1. The van der Waals surface area contributed by atoms with Gasteiger partial charge in [0, 0.05) is 12.4 Å². The van der Waals surface area contributed by atoms with Crippen LogP contribution in [0.3, 0.4) is 0 Å². The molecule has 0 aliphatic heterocycles. The molecule has 1 N–H and O–H groups in total. The van der Waals surface area contributed by atoms with E-state index in [1.807, 2.05) is 0 Å². The van der Waals surface area contributed by atoms with Crippen LogP contribution in [-0.2, 0) is 0 Å². The minimum Gasteiger partial charge on any atom is -0.311 e. The zero-order valence-corrected chi connectivity index (χ0v) is 6.71. The first-order chi connectivity index (χ1) is 5.38. The van der Waals surface area contributed by atoms with E-state index in [1.165, 1.54) is 18.7 Å². The molecule has 0 saturated carbocycles. The Hall–Kier alpha value is -1.49. The molecule has 2 rings (SSSR count). The molecule has 0 unspecified atom stereocenters. The van der Waals surface area contributed by atoms with Crippen LogP contribution in [0.25, 0.3) is 11.2 Å². The van der Waals surface area contributed by atoms with Gasteiger partial charge in [0.15, 0.2) is 11.2 Å². The quantitative estimate of drug-likeness (QED) is 0.632. The van der Waals surface area contributed by atoms with Crippen LogP contribution >= 0.6 is 12.4 Å². The van der Waals surface area contributed by atoms with Crippen LogP contribution < -0.4 is 5.56 Å². The van der Waals surface area contributed by atoms with Gasteiger partial charge in [-0.15, -0.1) is 12.4 Å². The Morgan fingerprint density at radius 3 is 2.67 bits per heavy atom. The van der Waals surface area contributed by atoms with E-state index in [9.17, 15) is 4.79 Å². The van der Waals surface area contributed by atoms with E-state index in [1.54, 1.807) is 0 Å². The SMILES string of the molecule is Cl.O=c1[nH]cnc2nccnc12. The second-order valence-electron chi connectivity index (χ2n) is 1.96. The molecule has 0 aromatic carbocycles. The first-order valence-electron chi connectivity index (χ1n) is 3.02. The van der Waals surface area contributed by atoms with Crippen LogP contribution in [0.15, 0.2) is 23.5 Å². The van der Waals surface area contributed by atoms with E-state index in [2.05, 4.69) is 19.9 Å². The van der Waals surface area contributed by atoms with Crippen LogP contribution in [0.5, 0.6) is 0 Å². The number of nitrogens with one attached hydrogen (secondary N) is 1. The molecule has 0 fully saturated rings. The molecule has 6 heteroatoms. The van der Waals surface area contributed by atoms with Crippen molar-refractivity contribution >= 4 is 23.6 Å². The second-order valence-corrected chi connectivity index (χ2v) is 1.96. The summed E-state index contributed by atoms with van der Waals surface area (Å²) >= 11 is 0. The number of hydrogen-bond donors (Lipinski definition) is 1. The number of halogens is 1. The van der Waals surface area contributed by atoms with Gasteiger partial charge in [0.2, 0.25) is 0 Å². The fourth-order valence-electron chi connectivity index (χ4n) is 0.806. The maximum atomic E-state index is 11.0. The molecule has 2 aromatic rings. The standard InChI is InChI=1S/C6H4N4O.ClH/c11-6-4-5(9-3-10-6)8-2-1-7-4;/h1-3H,(H,8,9,10,11);1H. The number of aromatic amines is 1. The summed E-state index contributed by atoms with van der Waals surface area (Å²) in [5.41, 5.74) is 0.384. The molecule has 0 saturated heterocycles. The summed E-state index contributed by atoms with van der Waals surface area (Å²) in [5, 5.41) is 0. The first-order valence-corrected chi connectivity index (χ1v) is 3.02. The summed E-state index contributed by atoms with van der Waals surface area (Å²) in [4.78, 5) is 24.9. The van der Waals surface area contributed by atoms with Crippen LogP contribution in [0.2, 0.25) is 0 Å². The normalized spacial score (nSPS) is 9.33. The maximum absolute atomic E-state index is 11.0. The summed E-state index contributed by atoms with van der Waals surface area (Å²) in [7, 11) is 0. The Morgan fingerprint density at radius 1 is 1.17 bits per heavy atom. The molecule has 0 radical (unpaired) electrons. The minimum absolute atomic E-state index is 0. The van der Waals surface area contributed by atoms with Gasteiger partial charge >= 0.3 is 0 Å². The molecular weight excluding hydrogens is 180 g/mol. The third-order valence-electron chi connectivity index (χ3n) is 1.28. The predicted octanol–water partition coefficient (Wildman–Crippen LogP) is 0.135. The molecule has 62 valence electrons. The third kappa shape index (κ3) is 1.26. The smallest absolute Gasteiger partial charge is 0.278 e.